The molecule has 0 fully saturated rings. The second-order valence-corrected chi connectivity index (χ2v) is 8.26. The molecule has 0 saturated heterocycles. The first-order chi connectivity index (χ1) is 14.8. The van der Waals surface area contributed by atoms with Crippen LogP contribution >= 0.6 is 11.3 Å². The van der Waals surface area contributed by atoms with E-state index in [9.17, 15) is 23.2 Å². The molecule has 0 spiro atoms. The number of amides is 1. The molecule has 0 aliphatic heterocycles. The number of anilines is 1. The minimum atomic E-state index is -4.48. The molecule has 7 nitrogen and oxygen atoms in total. The normalized spacial score (nSPS) is 13.9. The summed E-state index contributed by atoms with van der Waals surface area (Å²) in [6.07, 6.45) is 0.453. The molecule has 160 valence electrons. The maximum atomic E-state index is 12.9. The molecule has 0 saturated carbocycles. The minimum Gasteiger partial charge on any atom is -0.315 e. The summed E-state index contributed by atoms with van der Waals surface area (Å²) in [6.45, 7) is -0.278. The number of aryl methyl sites for hydroxylation is 1. The van der Waals surface area contributed by atoms with Crippen molar-refractivity contribution in [3.05, 3.63) is 45.8 Å². The van der Waals surface area contributed by atoms with Crippen molar-refractivity contribution in [3.63, 3.8) is 0 Å². The zero-order chi connectivity index (χ0) is 22.0. The Hall–Kier alpha value is -3.26. The Morgan fingerprint density at radius 3 is 2.84 bits per heavy atom. The Morgan fingerprint density at radius 1 is 1.26 bits per heavy atom. The van der Waals surface area contributed by atoms with Gasteiger partial charge in [-0.25, -0.2) is 0 Å². The van der Waals surface area contributed by atoms with Gasteiger partial charge in [-0.05, 0) is 48.6 Å². The summed E-state index contributed by atoms with van der Waals surface area (Å²) >= 11 is 1.42. The molecular weight excluding hydrogens is 429 g/mol. The van der Waals surface area contributed by atoms with E-state index >= 15 is 0 Å². The highest BCUT2D eigenvalue weighted by atomic mass is 32.1. The number of nitrogens with one attached hydrogen (secondary N) is 1. The van der Waals surface area contributed by atoms with Crippen molar-refractivity contribution in [1.29, 1.82) is 5.26 Å². The summed E-state index contributed by atoms with van der Waals surface area (Å²) in [5.74, 6) is -0.458. The lowest BCUT2D eigenvalue weighted by molar-refractivity contribution is -0.137. The van der Waals surface area contributed by atoms with Gasteiger partial charge in [0.05, 0.1) is 11.1 Å². The van der Waals surface area contributed by atoms with Crippen molar-refractivity contribution < 1.29 is 18.0 Å². The second kappa shape index (κ2) is 8.47. The third kappa shape index (κ3) is 4.59. The first-order valence-corrected chi connectivity index (χ1v) is 10.5. The number of benzene rings is 1. The van der Waals surface area contributed by atoms with E-state index in [-0.39, 0.29) is 17.9 Å². The van der Waals surface area contributed by atoms with E-state index in [1.54, 1.807) is 0 Å². The number of rotatable bonds is 4. The van der Waals surface area contributed by atoms with Crippen LogP contribution in [0.25, 0.3) is 11.4 Å². The summed E-state index contributed by atoms with van der Waals surface area (Å²) < 4.78 is 38.7. The van der Waals surface area contributed by atoms with Crippen molar-refractivity contribution >= 4 is 22.2 Å². The van der Waals surface area contributed by atoms with Gasteiger partial charge in [-0.1, -0.05) is 18.6 Å². The zero-order valence-corrected chi connectivity index (χ0v) is 17.1. The SMILES string of the molecule is N#Cc1c(NC(=O)Cn2nnc(-c3cccc(C(F)(F)F)c3)n2)sc2c1CCCCC2. The maximum Gasteiger partial charge on any atom is 0.416 e. The number of halogens is 3. The van der Waals surface area contributed by atoms with Crippen LogP contribution in [0.2, 0.25) is 0 Å². The lowest BCUT2D eigenvalue weighted by Crippen LogP contribution is -2.20. The number of nitriles is 1. The molecule has 4 rings (SSSR count). The molecule has 0 radical (unpaired) electrons. The molecule has 1 N–H and O–H groups in total. The molecule has 1 aromatic carbocycles. The van der Waals surface area contributed by atoms with Crippen LogP contribution in [-0.4, -0.2) is 26.1 Å². The van der Waals surface area contributed by atoms with E-state index in [4.69, 9.17) is 0 Å². The first-order valence-electron chi connectivity index (χ1n) is 9.65. The number of tetrazole rings is 1. The average Bonchev–Trinajstić information content (AvgIpc) is 3.24. The number of hydrogen-bond donors (Lipinski definition) is 1. The largest absolute Gasteiger partial charge is 0.416 e. The smallest absolute Gasteiger partial charge is 0.315 e. The zero-order valence-electron chi connectivity index (χ0n) is 16.2. The van der Waals surface area contributed by atoms with E-state index in [1.807, 2.05) is 0 Å². The summed E-state index contributed by atoms with van der Waals surface area (Å²) in [5.41, 5.74) is 0.855. The first kappa shape index (κ1) is 21.0. The quantitative estimate of drug-likeness (QED) is 0.606. The second-order valence-electron chi connectivity index (χ2n) is 7.15. The topological polar surface area (TPSA) is 96.5 Å². The summed E-state index contributed by atoms with van der Waals surface area (Å²) in [7, 11) is 0. The van der Waals surface area contributed by atoms with Crippen LogP contribution in [0.4, 0.5) is 18.2 Å². The molecule has 31 heavy (non-hydrogen) atoms. The molecule has 1 aliphatic rings. The molecule has 0 atom stereocenters. The predicted molar refractivity (Wildman–Crippen MR) is 107 cm³/mol. The number of carbonyl (C=O) groups is 1. The Bertz CT molecular complexity index is 1160. The Labute approximate surface area is 179 Å². The van der Waals surface area contributed by atoms with E-state index < -0.39 is 17.6 Å². The van der Waals surface area contributed by atoms with Crippen LogP contribution in [0.15, 0.2) is 24.3 Å². The van der Waals surface area contributed by atoms with Gasteiger partial charge in [-0.2, -0.15) is 23.2 Å². The van der Waals surface area contributed by atoms with Gasteiger partial charge in [0.1, 0.15) is 17.6 Å². The Balaban J connectivity index is 1.48. The van der Waals surface area contributed by atoms with E-state index in [0.29, 0.717) is 10.6 Å². The van der Waals surface area contributed by atoms with Gasteiger partial charge in [-0.3, -0.25) is 4.79 Å². The van der Waals surface area contributed by atoms with Gasteiger partial charge in [0, 0.05) is 10.4 Å². The predicted octanol–water partition coefficient (Wildman–Crippen LogP) is 4.20. The van der Waals surface area contributed by atoms with Gasteiger partial charge in [-0.15, -0.1) is 21.5 Å². The number of fused-ring (bicyclic) bond motifs is 1. The molecule has 0 bridgehead atoms. The highest BCUT2D eigenvalue weighted by Gasteiger charge is 2.30. The van der Waals surface area contributed by atoms with Crippen LogP contribution in [0.1, 0.15) is 40.8 Å². The molecule has 0 unspecified atom stereocenters. The average molecular weight is 446 g/mol. The highest BCUT2D eigenvalue weighted by Crippen LogP contribution is 2.37. The van der Waals surface area contributed by atoms with Crippen molar-refractivity contribution in [3.8, 4) is 17.5 Å². The Morgan fingerprint density at radius 2 is 2.06 bits per heavy atom. The van der Waals surface area contributed by atoms with Crippen LogP contribution in [0.3, 0.4) is 0 Å². The number of nitrogens with zero attached hydrogens (tertiary/aromatic N) is 5. The van der Waals surface area contributed by atoms with E-state index in [1.165, 1.54) is 23.5 Å². The summed E-state index contributed by atoms with van der Waals surface area (Å²) in [6, 6.07) is 6.78. The van der Waals surface area contributed by atoms with Crippen LogP contribution in [-0.2, 0) is 30.4 Å². The fraction of sp³-hybridized carbons (Fsp3) is 0.350. The number of thiophene rings is 1. The number of hydrogen-bond acceptors (Lipinski definition) is 6. The van der Waals surface area contributed by atoms with Crippen molar-refractivity contribution in [1.82, 2.24) is 20.2 Å². The monoisotopic (exact) mass is 446 g/mol. The van der Waals surface area contributed by atoms with Crippen LogP contribution < -0.4 is 5.32 Å². The lowest BCUT2D eigenvalue weighted by atomic mass is 10.1. The van der Waals surface area contributed by atoms with E-state index in [0.717, 1.165) is 59.5 Å². The third-order valence-corrected chi connectivity index (χ3v) is 6.18. The highest BCUT2D eigenvalue weighted by molar-refractivity contribution is 7.16. The standard InChI is InChI=1S/C20H17F3N6OS/c21-20(22,23)13-6-4-5-12(9-13)18-26-28-29(27-18)11-17(30)25-19-15(10-24)14-7-2-1-3-8-16(14)31-19/h4-6,9H,1-3,7-8,11H2,(H,25,30). The lowest BCUT2D eigenvalue weighted by Gasteiger charge is -2.06. The van der Waals surface area contributed by atoms with E-state index in [2.05, 4.69) is 26.8 Å². The van der Waals surface area contributed by atoms with Gasteiger partial charge < -0.3 is 5.32 Å². The van der Waals surface area contributed by atoms with Crippen molar-refractivity contribution in [2.75, 3.05) is 5.32 Å². The van der Waals surface area contributed by atoms with Crippen LogP contribution in [0, 0.1) is 11.3 Å². The number of alkyl halides is 3. The van der Waals surface area contributed by atoms with Gasteiger partial charge in [0.25, 0.3) is 0 Å². The van der Waals surface area contributed by atoms with Gasteiger partial charge >= 0.3 is 6.18 Å². The molecule has 1 amide bonds. The van der Waals surface area contributed by atoms with Gasteiger partial charge in [0.15, 0.2) is 0 Å². The Kier molecular flexibility index (Phi) is 5.73. The third-order valence-electron chi connectivity index (χ3n) is 4.97. The molecule has 2 heterocycles. The van der Waals surface area contributed by atoms with Crippen molar-refractivity contribution in [2.45, 2.75) is 44.8 Å². The molecule has 3 aromatic rings. The van der Waals surface area contributed by atoms with Crippen molar-refractivity contribution in [2.24, 2.45) is 0 Å². The summed E-state index contributed by atoms with van der Waals surface area (Å²) in [5, 5.41) is 24.3. The van der Waals surface area contributed by atoms with Gasteiger partial charge in [0.2, 0.25) is 11.7 Å². The van der Waals surface area contributed by atoms with Crippen LogP contribution in [0.5, 0.6) is 0 Å². The minimum absolute atomic E-state index is 0.0144. The number of carbonyl (C=O) groups excluding carboxylic acids is 1. The molecule has 2 aromatic heterocycles. The fourth-order valence-corrected chi connectivity index (χ4v) is 4.76. The number of aromatic nitrogens is 4. The molecule has 1 aliphatic carbocycles. The molecule has 11 heteroatoms. The molecular formula is C20H17F3N6OS. The fourth-order valence-electron chi connectivity index (χ4n) is 3.50. The summed E-state index contributed by atoms with van der Waals surface area (Å²) in [4.78, 5) is 14.6. The maximum absolute atomic E-state index is 12.9.